The van der Waals surface area contributed by atoms with Gasteiger partial charge >= 0.3 is 0 Å². The average molecular weight is 283 g/mol. The minimum atomic E-state index is -0.612. The summed E-state index contributed by atoms with van der Waals surface area (Å²) in [5.74, 6) is -1.22. The SMILES string of the molecule is CCNC(CC)c1nnc(-c2c(F)cccc2F)s1. The van der Waals surface area contributed by atoms with E-state index in [9.17, 15) is 8.78 Å². The van der Waals surface area contributed by atoms with Crippen molar-refractivity contribution >= 4 is 11.3 Å². The van der Waals surface area contributed by atoms with Crippen molar-refractivity contribution in [2.24, 2.45) is 0 Å². The molecule has 0 aliphatic heterocycles. The van der Waals surface area contributed by atoms with Crippen LogP contribution in [0.15, 0.2) is 18.2 Å². The maximum absolute atomic E-state index is 13.7. The normalized spacial score (nSPS) is 12.6. The summed E-state index contributed by atoms with van der Waals surface area (Å²) in [6, 6.07) is 3.86. The van der Waals surface area contributed by atoms with Crippen LogP contribution in [0.1, 0.15) is 31.3 Å². The third-order valence-electron chi connectivity index (χ3n) is 2.77. The van der Waals surface area contributed by atoms with Crippen LogP contribution in [-0.4, -0.2) is 16.7 Å². The monoisotopic (exact) mass is 283 g/mol. The third-order valence-corrected chi connectivity index (χ3v) is 3.83. The number of rotatable bonds is 5. The van der Waals surface area contributed by atoms with Gasteiger partial charge in [0.1, 0.15) is 16.6 Å². The number of benzene rings is 1. The van der Waals surface area contributed by atoms with Crippen molar-refractivity contribution in [3.8, 4) is 10.6 Å². The second kappa shape index (κ2) is 6.16. The van der Waals surface area contributed by atoms with E-state index < -0.39 is 11.6 Å². The molecule has 1 N–H and O–H groups in total. The standard InChI is InChI=1S/C13H15F2N3S/c1-3-10(16-4-2)12-17-18-13(19-12)11-8(14)6-5-7-9(11)15/h5-7,10,16H,3-4H2,1-2H3. The molecule has 0 aliphatic carbocycles. The van der Waals surface area contributed by atoms with Crippen molar-refractivity contribution in [1.29, 1.82) is 0 Å². The van der Waals surface area contributed by atoms with E-state index in [0.29, 0.717) is 0 Å². The summed E-state index contributed by atoms with van der Waals surface area (Å²) in [4.78, 5) is 0. The van der Waals surface area contributed by atoms with Crippen molar-refractivity contribution in [3.63, 3.8) is 0 Å². The van der Waals surface area contributed by atoms with Crippen molar-refractivity contribution < 1.29 is 8.78 Å². The molecule has 0 amide bonds. The first-order valence-corrected chi connectivity index (χ1v) is 7.00. The molecule has 1 aromatic carbocycles. The summed E-state index contributed by atoms with van der Waals surface area (Å²) in [5.41, 5.74) is -0.0994. The lowest BCUT2D eigenvalue weighted by molar-refractivity contribution is 0.531. The molecule has 1 atom stereocenters. The number of nitrogens with one attached hydrogen (secondary N) is 1. The van der Waals surface area contributed by atoms with E-state index in [1.54, 1.807) is 0 Å². The van der Waals surface area contributed by atoms with Crippen LogP contribution in [0.5, 0.6) is 0 Å². The highest BCUT2D eigenvalue weighted by Crippen LogP contribution is 2.31. The molecule has 0 bridgehead atoms. The lowest BCUT2D eigenvalue weighted by Crippen LogP contribution is -2.19. The van der Waals surface area contributed by atoms with Gasteiger partial charge in [-0.05, 0) is 25.1 Å². The van der Waals surface area contributed by atoms with Gasteiger partial charge in [-0.3, -0.25) is 0 Å². The fraction of sp³-hybridized carbons (Fsp3) is 0.385. The fourth-order valence-corrected chi connectivity index (χ4v) is 2.88. The van der Waals surface area contributed by atoms with Gasteiger partial charge in [-0.15, -0.1) is 10.2 Å². The Bertz CT molecular complexity index is 536. The molecule has 2 rings (SSSR count). The molecule has 102 valence electrons. The molecule has 19 heavy (non-hydrogen) atoms. The highest BCUT2D eigenvalue weighted by molar-refractivity contribution is 7.14. The lowest BCUT2D eigenvalue weighted by atomic mass is 10.2. The molecule has 1 heterocycles. The molecular weight excluding hydrogens is 268 g/mol. The van der Waals surface area contributed by atoms with Gasteiger partial charge in [-0.2, -0.15) is 0 Å². The van der Waals surface area contributed by atoms with E-state index in [4.69, 9.17) is 0 Å². The Morgan fingerprint density at radius 3 is 2.47 bits per heavy atom. The highest BCUT2D eigenvalue weighted by Gasteiger charge is 2.19. The zero-order valence-electron chi connectivity index (χ0n) is 10.8. The quantitative estimate of drug-likeness (QED) is 0.912. The predicted molar refractivity (Wildman–Crippen MR) is 72.0 cm³/mol. The molecular formula is C13H15F2N3S. The van der Waals surface area contributed by atoms with Gasteiger partial charge in [0.15, 0.2) is 5.01 Å². The van der Waals surface area contributed by atoms with E-state index in [-0.39, 0.29) is 16.6 Å². The Morgan fingerprint density at radius 1 is 1.21 bits per heavy atom. The Balaban J connectivity index is 2.35. The van der Waals surface area contributed by atoms with Crippen molar-refractivity contribution in [2.45, 2.75) is 26.3 Å². The molecule has 6 heteroatoms. The molecule has 0 spiro atoms. The van der Waals surface area contributed by atoms with E-state index in [1.165, 1.54) is 29.5 Å². The molecule has 0 fully saturated rings. The van der Waals surface area contributed by atoms with Crippen LogP contribution in [0.2, 0.25) is 0 Å². The summed E-state index contributed by atoms with van der Waals surface area (Å²) >= 11 is 1.22. The lowest BCUT2D eigenvalue weighted by Gasteiger charge is -2.11. The Kier molecular flexibility index (Phi) is 4.55. The minimum Gasteiger partial charge on any atom is -0.308 e. The van der Waals surface area contributed by atoms with Gasteiger partial charge in [0, 0.05) is 0 Å². The number of hydrogen-bond donors (Lipinski definition) is 1. The van der Waals surface area contributed by atoms with Crippen LogP contribution < -0.4 is 5.32 Å². The number of aromatic nitrogens is 2. The topological polar surface area (TPSA) is 37.8 Å². The molecule has 0 saturated carbocycles. The van der Waals surface area contributed by atoms with E-state index >= 15 is 0 Å². The average Bonchev–Trinajstić information content (AvgIpc) is 2.85. The summed E-state index contributed by atoms with van der Waals surface area (Å²) in [6.45, 7) is 4.83. The minimum absolute atomic E-state index is 0.0751. The molecule has 2 aromatic rings. The second-order valence-electron chi connectivity index (χ2n) is 4.06. The van der Waals surface area contributed by atoms with Gasteiger partial charge in [-0.25, -0.2) is 8.78 Å². The first-order valence-electron chi connectivity index (χ1n) is 6.18. The summed E-state index contributed by atoms with van der Waals surface area (Å²) < 4.78 is 27.3. The van der Waals surface area contributed by atoms with Crippen LogP contribution >= 0.6 is 11.3 Å². The molecule has 0 saturated heterocycles. The van der Waals surface area contributed by atoms with Gasteiger partial charge in [0.2, 0.25) is 0 Å². The maximum Gasteiger partial charge on any atom is 0.153 e. The van der Waals surface area contributed by atoms with Gasteiger partial charge in [0.05, 0.1) is 11.6 Å². The van der Waals surface area contributed by atoms with E-state index in [1.807, 2.05) is 13.8 Å². The smallest absolute Gasteiger partial charge is 0.153 e. The highest BCUT2D eigenvalue weighted by atomic mass is 32.1. The number of nitrogens with zero attached hydrogens (tertiary/aromatic N) is 2. The zero-order valence-corrected chi connectivity index (χ0v) is 11.6. The second-order valence-corrected chi connectivity index (χ2v) is 5.07. The Hall–Kier alpha value is -1.40. The van der Waals surface area contributed by atoms with Crippen LogP contribution in [0.4, 0.5) is 8.78 Å². The van der Waals surface area contributed by atoms with Crippen molar-refractivity contribution in [1.82, 2.24) is 15.5 Å². The first-order chi connectivity index (χ1) is 9.17. The maximum atomic E-state index is 13.7. The largest absolute Gasteiger partial charge is 0.308 e. The molecule has 0 radical (unpaired) electrons. The van der Waals surface area contributed by atoms with Crippen LogP contribution in [0.25, 0.3) is 10.6 Å². The zero-order chi connectivity index (χ0) is 13.8. The van der Waals surface area contributed by atoms with Gasteiger partial charge < -0.3 is 5.32 Å². The van der Waals surface area contributed by atoms with E-state index in [2.05, 4.69) is 15.5 Å². The fourth-order valence-electron chi connectivity index (χ4n) is 1.83. The van der Waals surface area contributed by atoms with Crippen molar-refractivity contribution in [2.75, 3.05) is 6.54 Å². The molecule has 1 aromatic heterocycles. The Labute approximate surface area is 114 Å². The number of halogens is 2. The summed E-state index contributed by atoms with van der Waals surface area (Å²) in [7, 11) is 0. The first kappa shape index (κ1) is 14.0. The van der Waals surface area contributed by atoms with Crippen molar-refractivity contribution in [3.05, 3.63) is 34.8 Å². The van der Waals surface area contributed by atoms with Crippen LogP contribution in [-0.2, 0) is 0 Å². The Morgan fingerprint density at radius 2 is 1.89 bits per heavy atom. The van der Waals surface area contributed by atoms with Crippen LogP contribution in [0.3, 0.4) is 0 Å². The summed E-state index contributed by atoms with van der Waals surface area (Å²) in [6.07, 6.45) is 0.849. The van der Waals surface area contributed by atoms with Gasteiger partial charge in [0.25, 0.3) is 0 Å². The predicted octanol–water partition coefficient (Wildman–Crippen LogP) is 3.54. The molecule has 3 nitrogen and oxygen atoms in total. The van der Waals surface area contributed by atoms with Crippen LogP contribution in [0, 0.1) is 11.6 Å². The molecule has 1 unspecified atom stereocenters. The van der Waals surface area contributed by atoms with Gasteiger partial charge in [-0.1, -0.05) is 31.3 Å². The third kappa shape index (κ3) is 2.96. The molecule has 0 aliphatic rings. The summed E-state index contributed by atoms with van der Waals surface area (Å²) in [5, 5.41) is 12.2. The number of hydrogen-bond acceptors (Lipinski definition) is 4. The van der Waals surface area contributed by atoms with E-state index in [0.717, 1.165) is 18.0 Å².